The Balaban J connectivity index is 0.000000282. The van der Waals surface area contributed by atoms with Crippen LogP contribution in [0.2, 0.25) is 0 Å². The second-order valence-electron chi connectivity index (χ2n) is 11.9. The number of nitrogen functional groups attached to an aromatic ring is 1. The number of hydrogen-bond acceptors (Lipinski definition) is 4. The molecule has 5 rings (SSSR count). The van der Waals surface area contributed by atoms with Gasteiger partial charge in [-0.05, 0) is 94.5 Å². The van der Waals surface area contributed by atoms with Gasteiger partial charge in [-0.1, -0.05) is 60.1 Å². The SMILES string of the molecule is C=C(CC1(C)CC1)N1CCN(C)CC1.C=CCC.CC.CC1CC1.CC1CCCCN1c1ccc(N)cc1. The van der Waals surface area contributed by atoms with Crippen molar-refractivity contribution in [2.45, 2.75) is 105 Å². The summed E-state index contributed by atoms with van der Waals surface area (Å²) in [5, 5.41) is 0. The zero-order valence-electron chi connectivity index (χ0n) is 26.3. The van der Waals surface area contributed by atoms with Crippen LogP contribution in [-0.2, 0) is 0 Å². The summed E-state index contributed by atoms with van der Waals surface area (Å²) in [7, 11) is 2.20. The third-order valence-corrected chi connectivity index (χ3v) is 7.87. The zero-order valence-corrected chi connectivity index (χ0v) is 26.3. The predicted octanol–water partition coefficient (Wildman–Crippen LogP) is 8.61. The highest BCUT2D eigenvalue weighted by Gasteiger charge is 2.38. The quantitative estimate of drug-likeness (QED) is 0.308. The van der Waals surface area contributed by atoms with Crippen LogP contribution in [-0.4, -0.2) is 55.6 Å². The average molecular weight is 527 g/mol. The number of piperazine rings is 1. The van der Waals surface area contributed by atoms with Crippen LogP contribution < -0.4 is 10.6 Å². The third kappa shape index (κ3) is 14.3. The molecule has 2 aliphatic heterocycles. The first kappa shape index (κ1) is 34.1. The van der Waals surface area contributed by atoms with Gasteiger partial charge in [0.2, 0.25) is 0 Å². The van der Waals surface area contributed by atoms with Crippen LogP contribution in [0, 0.1) is 11.3 Å². The van der Waals surface area contributed by atoms with Crippen LogP contribution >= 0.6 is 0 Å². The van der Waals surface area contributed by atoms with Gasteiger partial charge in [-0.25, -0.2) is 0 Å². The molecule has 2 saturated carbocycles. The number of nitrogens with zero attached hydrogens (tertiary/aromatic N) is 3. The van der Waals surface area contributed by atoms with Crippen molar-refractivity contribution in [3.05, 3.63) is 49.2 Å². The van der Waals surface area contributed by atoms with Crippen molar-refractivity contribution in [2.75, 3.05) is 50.4 Å². The number of piperidine rings is 1. The minimum absolute atomic E-state index is 0.612. The van der Waals surface area contributed by atoms with Crippen LogP contribution in [0.3, 0.4) is 0 Å². The van der Waals surface area contributed by atoms with Gasteiger partial charge in [0.25, 0.3) is 0 Å². The van der Waals surface area contributed by atoms with Gasteiger partial charge in [0, 0.05) is 55.8 Å². The monoisotopic (exact) mass is 526 g/mol. The van der Waals surface area contributed by atoms with Crippen molar-refractivity contribution < 1.29 is 0 Å². The molecule has 4 aliphatic rings. The standard InChI is InChI=1S/C12H22N2.C12H18N2.2C4H8.C2H6/c1-11(10-12(2)4-5-12)14-8-6-13(3)7-9-14;1-10-4-2-3-9-14(10)12-7-5-11(13)6-8-12;1-4-2-3-4;1-3-4-2;1-2/h1,4-10H2,2-3H3;5-8,10H,2-4,9,13H2,1H3;4H,2-3H2,1H3;3H,1,4H2,2H3;1-2H3. The molecule has 38 heavy (non-hydrogen) atoms. The van der Waals surface area contributed by atoms with Gasteiger partial charge in [-0.3, -0.25) is 0 Å². The van der Waals surface area contributed by atoms with Gasteiger partial charge in [0.05, 0.1) is 0 Å². The van der Waals surface area contributed by atoms with E-state index in [1.165, 1.54) is 95.5 Å². The van der Waals surface area contributed by atoms with E-state index in [2.05, 4.69) is 74.7 Å². The molecule has 2 saturated heterocycles. The highest BCUT2D eigenvalue weighted by atomic mass is 15.2. The van der Waals surface area contributed by atoms with Crippen molar-refractivity contribution in [1.82, 2.24) is 9.80 Å². The number of hydrogen-bond donors (Lipinski definition) is 1. The van der Waals surface area contributed by atoms with E-state index in [1.54, 1.807) is 0 Å². The Labute approximate surface area is 237 Å². The molecule has 1 atom stereocenters. The van der Waals surface area contributed by atoms with Crippen molar-refractivity contribution in [2.24, 2.45) is 11.3 Å². The summed E-state index contributed by atoms with van der Waals surface area (Å²) in [5.74, 6) is 1.08. The van der Waals surface area contributed by atoms with Gasteiger partial charge >= 0.3 is 0 Å². The first-order valence-electron chi connectivity index (χ1n) is 15.5. The highest BCUT2D eigenvalue weighted by molar-refractivity contribution is 5.53. The molecular formula is C34H62N4. The fourth-order valence-corrected chi connectivity index (χ4v) is 4.43. The second kappa shape index (κ2) is 18.4. The third-order valence-electron chi connectivity index (χ3n) is 7.87. The number of anilines is 2. The van der Waals surface area contributed by atoms with E-state index >= 15 is 0 Å². The summed E-state index contributed by atoms with van der Waals surface area (Å²) in [4.78, 5) is 7.34. The van der Waals surface area contributed by atoms with Gasteiger partial charge < -0.3 is 20.4 Å². The van der Waals surface area contributed by atoms with E-state index in [0.29, 0.717) is 11.5 Å². The minimum Gasteiger partial charge on any atom is -0.399 e. The van der Waals surface area contributed by atoms with E-state index in [9.17, 15) is 0 Å². The van der Waals surface area contributed by atoms with E-state index in [4.69, 9.17) is 5.73 Å². The summed E-state index contributed by atoms with van der Waals surface area (Å²) in [5.41, 5.74) is 9.81. The Kier molecular flexibility index (Phi) is 16.5. The normalized spacial score (nSPS) is 21.5. The zero-order chi connectivity index (χ0) is 28.6. The maximum atomic E-state index is 5.67. The maximum Gasteiger partial charge on any atom is 0.0370 e. The fraction of sp³-hybridized carbons (Fsp3) is 0.706. The molecule has 2 aliphatic carbocycles. The van der Waals surface area contributed by atoms with Crippen LogP contribution in [0.5, 0.6) is 0 Å². The van der Waals surface area contributed by atoms with Crippen LogP contribution in [0.15, 0.2) is 49.2 Å². The van der Waals surface area contributed by atoms with E-state index in [0.717, 1.165) is 18.0 Å². The molecule has 1 aromatic rings. The topological polar surface area (TPSA) is 35.7 Å². The first-order chi connectivity index (χ1) is 18.2. The van der Waals surface area contributed by atoms with Crippen LogP contribution in [0.1, 0.15) is 99.3 Å². The van der Waals surface area contributed by atoms with Crippen molar-refractivity contribution in [1.29, 1.82) is 0 Å². The predicted molar refractivity (Wildman–Crippen MR) is 172 cm³/mol. The molecule has 1 unspecified atom stereocenters. The Bertz CT molecular complexity index is 755. The number of allylic oxidation sites excluding steroid dienone is 2. The van der Waals surface area contributed by atoms with Gasteiger partial charge in [-0.2, -0.15) is 0 Å². The summed E-state index contributed by atoms with van der Waals surface area (Å²) >= 11 is 0. The second-order valence-corrected chi connectivity index (χ2v) is 11.9. The molecule has 0 bridgehead atoms. The molecule has 218 valence electrons. The molecule has 0 amide bonds. The van der Waals surface area contributed by atoms with E-state index in [1.807, 2.05) is 32.1 Å². The van der Waals surface area contributed by atoms with Crippen molar-refractivity contribution in [3.8, 4) is 0 Å². The Hall–Kier alpha value is -1.94. The smallest absolute Gasteiger partial charge is 0.0370 e. The minimum atomic E-state index is 0.612. The number of benzene rings is 1. The molecule has 4 nitrogen and oxygen atoms in total. The number of nitrogens with two attached hydrogens (primary N) is 1. The molecule has 0 aromatic heterocycles. The lowest BCUT2D eigenvalue weighted by Crippen LogP contribution is -2.43. The Morgan fingerprint density at radius 2 is 1.50 bits per heavy atom. The summed E-state index contributed by atoms with van der Waals surface area (Å²) in [6.45, 7) is 26.7. The molecule has 0 spiro atoms. The molecule has 4 fully saturated rings. The van der Waals surface area contributed by atoms with E-state index in [-0.39, 0.29) is 0 Å². The van der Waals surface area contributed by atoms with Gasteiger partial charge in [-0.15, -0.1) is 6.58 Å². The van der Waals surface area contributed by atoms with Crippen LogP contribution in [0.4, 0.5) is 11.4 Å². The Morgan fingerprint density at radius 1 is 0.974 bits per heavy atom. The average Bonchev–Trinajstić information content (AvgIpc) is 3.87. The lowest BCUT2D eigenvalue weighted by molar-refractivity contribution is 0.179. The molecule has 2 heterocycles. The highest BCUT2D eigenvalue weighted by Crippen LogP contribution is 2.50. The van der Waals surface area contributed by atoms with Gasteiger partial charge in [0.1, 0.15) is 0 Å². The summed E-state index contributed by atoms with van der Waals surface area (Å²) in [6.07, 6.45) is 13.9. The fourth-order valence-electron chi connectivity index (χ4n) is 4.43. The molecule has 1 aromatic carbocycles. The molecule has 0 radical (unpaired) electrons. The number of likely N-dealkylation sites (N-methyl/N-ethyl adjacent to an activating group) is 1. The molecular weight excluding hydrogens is 464 g/mol. The van der Waals surface area contributed by atoms with Crippen molar-refractivity contribution in [3.63, 3.8) is 0 Å². The lowest BCUT2D eigenvalue weighted by atomic mass is 10.0. The summed E-state index contributed by atoms with van der Waals surface area (Å²) < 4.78 is 0. The van der Waals surface area contributed by atoms with Crippen LogP contribution in [0.25, 0.3) is 0 Å². The molecule has 2 N–H and O–H groups in total. The van der Waals surface area contributed by atoms with Gasteiger partial charge in [0.15, 0.2) is 0 Å². The first-order valence-corrected chi connectivity index (χ1v) is 15.5. The number of rotatable bonds is 5. The van der Waals surface area contributed by atoms with E-state index < -0.39 is 0 Å². The summed E-state index contributed by atoms with van der Waals surface area (Å²) in [6, 6.07) is 8.88. The maximum absolute atomic E-state index is 5.67. The lowest BCUT2D eigenvalue weighted by Gasteiger charge is -2.36. The largest absolute Gasteiger partial charge is 0.399 e. The van der Waals surface area contributed by atoms with Crippen molar-refractivity contribution >= 4 is 11.4 Å². The Morgan fingerprint density at radius 3 is 1.92 bits per heavy atom. The molecule has 4 heteroatoms.